The fourth-order valence-electron chi connectivity index (χ4n) is 1.49. The first-order chi connectivity index (χ1) is 7.24. The van der Waals surface area contributed by atoms with Crippen molar-refractivity contribution >= 4 is 17.6 Å². The molecule has 1 aliphatic heterocycles. The molecular formula is C10H10N2O3. The van der Waals surface area contributed by atoms with E-state index in [0.717, 1.165) is 4.90 Å². The van der Waals surface area contributed by atoms with Gasteiger partial charge in [-0.05, 0) is 12.1 Å². The number of nitrogens with zero attached hydrogens (tertiary/aromatic N) is 2. The van der Waals surface area contributed by atoms with E-state index in [0.29, 0.717) is 5.69 Å². The van der Waals surface area contributed by atoms with Crippen molar-refractivity contribution < 1.29 is 14.7 Å². The van der Waals surface area contributed by atoms with E-state index in [1.54, 1.807) is 24.3 Å². The lowest BCUT2D eigenvalue weighted by Crippen LogP contribution is -2.33. The highest BCUT2D eigenvalue weighted by molar-refractivity contribution is 6.12. The number of benzene rings is 1. The average molecular weight is 206 g/mol. The number of para-hydroxylation sites is 1. The van der Waals surface area contributed by atoms with Gasteiger partial charge >= 0.3 is 6.03 Å². The summed E-state index contributed by atoms with van der Waals surface area (Å²) in [4.78, 5) is 25.1. The second kappa shape index (κ2) is 3.70. The van der Waals surface area contributed by atoms with Gasteiger partial charge in [0.05, 0.1) is 0 Å². The summed E-state index contributed by atoms with van der Waals surface area (Å²) in [7, 11) is 0. The van der Waals surface area contributed by atoms with Gasteiger partial charge in [-0.15, -0.1) is 0 Å². The molecule has 0 unspecified atom stereocenters. The number of urea groups is 1. The number of amides is 3. The topological polar surface area (TPSA) is 60.9 Å². The quantitative estimate of drug-likeness (QED) is 0.713. The fraction of sp³-hybridized carbons (Fsp3) is 0.200. The number of carbonyl (C=O) groups is 2. The number of hydrogen-bond acceptors (Lipinski definition) is 3. The van der Waals surface area contributed by atoms with E-state index in [-0.39, 0.29) is 12.5 Å². The minimum absolute atomic E-state index is 0.0105. The SMILES string of the molecule is O=C1CN(c2ccccc2)C(=O)N1CO. The van der Waals surface area contributed by atoms with Gasteiger partial charge in [-0.2, -0.15) is 0 Å². The van der Waals surface area contributed by atoms with Crippen molar-refractivity contribution in [1.29, 1.82) is 0 Å². The molecule has 0 spiro atoms. The molecule has 5 nitrogen and oxygen atoms in total. The highest BCUT2D eigenvalue weighted by atomic mass is 16.3. The first kappa shape index (κ1) is 9.67. The Morgan fingerprint density at radius 1 is 1.20 bits per heavy atom. The summed E-state index contributed by atoms with van der Waals surface area (Å²) in [5.74, 6) is -0.383. The van der Waals surface area contributed by atoms with E-state index < -0.39 is 12.8 Å². The average Bonchev–Trinajstić information content (AvgIpc) is 2.55. The maximum absolute atomic E-state index is 11.6. The van der Waals surface area contributed by atoms with E-state index in [9.17, 15) is 9.59 Å². The van der Waals surface area contributed by atoms with Crippen LogP contribution in [0, 0.1) is 0 Å². The lowest BCUT2D eigenvalue weighted by Gasteiger charge is -2.15. The van der Waals surface area contributed by atoms with E-state index in [2.05, 4.69) is 0 Å². The Morgan fingerprint density at radius 2 is 1.87 bits per heavy atom. The standard InChI is InChI=1S/C10H10N2O3/c13-7-12-9(14)6-11(10(12)15)8-4-2-1-3-5-8/h1-5,13H,6-7H2. The van der Waals surface area contributed by atoms with Gasteiger partial charge in [0.1, 0.15) is 13.3 Å². The molecule has 0 aromatic heterocycles. The lowest BCUT2D eigenvalue weighted by atomic mass is 10.3. The zero-order chi connectivity index (χ0) is 10.8. The van der Waals surface area contributed by atoms with Crippen LogP contribution >= 0.6 is 0 Å². The van der Waals surface area contributed by atoms with Gasteiger partial charge < -0.3 is 5.11 Å². The maximum Gasteiger partial charge on any atom is 0.333 e. The van der Waals surface area contributed by atoms with Gasteiger partial charge in [-0.3, -0.25) is 9.69 Å². The van der Waals surface area contributed by atoms with E-state index in [1.165, 1.54) is 4.90 Å². The van der Waals surface area contributed by atoms with Gasteiger partial charge in [-0.1, -0.05) is 18.2 Å². The number of carbonyl (C=O) groups excluding carboxylic acids is 2. The summed E-state index contributed by atoms with van der Waals surface area (Å²) in [5, 5.41) is 8.83. The van der Waals surface area contributed by atoms with Crippen LogP contribution in [0.2, 0.25) is 0 Å². The first-order valence-electron chi connectivity index (χ1n) is 4.52. The zero-order valence-electron chi connectivity index (χ0n) is 7.96. The van der Waals surface area contributed by atoms with Gasteiger partial charge in [0.2, 0.25) is 0 Å². The van der Waals surface area contributed by atoms with Crippen molar-refractivity contribution in [2.75, 3.05) is 18.2 Å². The molecule has 1 aromatic carbocycles. The molecule has 0 aliphatic carbocycles. The predicted molar refractivity (Wildman–Crippen MR) is 53.1 cm³/mol. The Balaban J connectivity index is 2.27. The predicted octanol–water partition coefficient (Wildman–Crippen LogP) is 0.405. The number of hydrogen-bond donors (Lipinski definition) is 1. The van der Waals surface area contributed by atoms with Gasteiger partial charge in [0.25, 0.3) is 5.91 Å². The van der Waals surface area contributed by atoms with Crippen LogP contribution in [0.5, 0.6) is 0 Å². The molecular weight excluding hydrogens is 196 g/mol. The molecule has 1 saturated heterocycles. The molecule has 1 N–H and O–H groups in total. The molecule has 0 bridgehead atoms. The van der Waals surface area contributed by atoms with E-state index in [1.807, 2.05) is 6.07 Å². The number of anilines is 1. The van der Waals surface area contributed by atoms with Crippen LogP contribution in [0.4, 0.5) is 10.5 Å². The van der Waals surface area contributed by atoms with Crippen LogP contribution in [0.1, 0.15) is 0 Å². The summed E-state index contributed by atoms with van der Waals surface area (Å²) < 4.78 is 0. The van der Waals surface area contributed by atoms with Crippen molar-refractivity contribution in [3.63, 3.8) is 0 Å². The number of aliphatic hydroxyl groups is 1. The third-order valence-electron chi connectivity index (χ3n) is 2.27. The lowest BCUT2D eigenvalue weighted by molar-refractivity contribution is -0.127. The Morgan fingerprint density at radius 3 is 2.40 bits per heavy atom. The van der Waals surface area contributed by atoms with Crippen molar-refractivity contribution in [3.8, 4) is 0 Å². The minimum Gasteiger partial charge on any atom is -0.376 e. The summed E-state index contributed by atoms with van der Waals surface area (Å²) in [6.07, 6.45) is 0. The van der Waals surface area contributed by atoms with Gasteiger partial charge in [-0.25, -0.2) is 9.69 Å². The van der Waals surface area contributed by atoms with Gasteiger partial charge in [0.15, 0.2) is 0 Å². The van der Waals surface area contributed by atoms with Crippen LogP contribution in [0.25, 0.3) is 0 Å². The molecule has 2 rings (SSSR count). The molecule has 1 fully saturated rings. The van der Waals surface area contributed by atoms with Crippen molar-refractivity contribution in [3.05, 3.63) is 30.3 Å². The summed E-state index contributed by atoms with van der Waals surface area (Å²) >= 11 is 0. The molecule has 15 heavy (non-hydrogen) atoms. The van der Waals surface area contributed by atoms with Crippen molar-refractivity contribution in [2.24, 2.45) is 0 Å². The highest BCUT2D eigenvalue weighted by Crippen LogP contribution is 2.19. The summed E-state index contributed by atoms with van der Waals surface area (Å²) in [5.41, 5.74) is 0.659. The monoisotopic (exact) mass is 206 g/mol. The van der Waals surface area contributed by atoms with E-state index in [4.69, 9.17) is 5.11 Å². The molecule has 0 atom stereocenters. The Hall–Kier alpha value is -1.88. The van der Waals surface area contributed by atoms with Crippen LogP contribution in [-0.4, -0.2) is 35.2 Å². The Bertz CT molecular complexity index is 391. The van der Waals surface area contributed by atoms with Crippen LogP contribution in [0.15, 0.2) is 30.3 Å². The molecule has 0 saturated carbocycles. The maximum atomic E-state index is 11.6. The third kappa shape index (κ3) is 1.57. The van der Waals surface area contributed by atoms with E-state index >= 15 is 0 Å². The molecule has 0 radical (unpaired) electrons. The minimum atomic E-state index is -0.568. The smallest absolute Gasteiger partial charge is 0.333 e. The molecule has 5 heteroatoms. The second-order valence-corrected chi connectivity index (χ2v) is 3.17. The molecule has 1 aliphatic rings. The van der Waals surface area contributed by atoms with Gasteiger partial charge in [0, 0.05) is 5.69 Å². The van der Waals surface area contributed by atoms with Crippen molar-refractivity contribution in [1.82, 2.24) is 4.90 Å². The molecule has 3 amide bonds. The third-order valence-corrected chi connectivity index (χ3v) is 2.27. The van der Waals surface area contributed by atoms with Crippen LogP contribution in [-0.2, 0) is 4.79 Å². The highest BCUT2D eigenvalue weighted by Gasteiger charge is 2.36. The normalized spacial score (nSPS) is 16.3. The number of rotatable bonds is 2. The summed E-state index contributed by atoms with van der Waals surface area (Å²) in [6, 6.07) is 8.41. The molecule has 78 valence electrons. The van der Waals surface area contributed by atoms with Crippen LogP contribution < -0.4 is 4.90 Å². The first-order valence-corrected chi connectivity index (χ1v) is 4.52. The second-order valence-electron chi connectivity index (χ2n) is 3.17. The molecule has 1 aromatic rings. The largest absolute Gasteiger partial charge is 0.376 e. The molecule has 1 heterocycles. The number of aliphatic hydroxyl groups excluding tert-OH is 1. The van der Waals surface area contributed by atoms with Crippen LogP contribution in [0.3, 0.4) is 0 Å². The Labute approximate surface area is 86.5 Å². The zero-order valence-corrected chi connectivity index (χ0v) is 7.96. The number of imide groups is 1. The Kier molecular flexibility index (Phi) is 2.39. The summed E-state index contributed by atoms with van der Waals surface area (Å²) in [6.45, 7) is -0.579. The van der Waals surface area contributed by atoms with Crippen molar-refractivity contribution in [2.45, 2.75) is 0 Å². The fourth-order valence-corrected chi connectivity index (χ4v) is 1.49.